The zero-order valence-electron chi connectivity index (χ0n) is 10.7. The van der Waals surface area contributed by atoms with E-state index in [9.17, 15) is 0 Å². The molecule has 0 radical (unpaired) electrons. The van der Waals surface area contributed by atoms with Gasteiger partial charge in [-0.2, -0.15) is 4.98 Å². The van der Waals surface area contributed by atoms with Crippen LogP contribution in [0.5, 0.6) is 0 Å². The Kier molecular flexibility index (Phi) is 4.98. The molecule has 1 aliphatic rings. The van der Waals surface area contributed by atoms with Crippen LogP contribution in [0.1, 0.15) is 69.5 Å². The minimum Gasteiger partial charge on any atom is -0.338 e. The van der Waals surface area contributed by atoms with Crippen molar-refractivity contribution in [2.24, 2.45) is 0 Å². The number of nitrogens with zero attached hydrogens (tertiary/aromatic N) is 2. The molecule has 0 aromatic carbocycles. The SMILES string of the molecule is CCNCc1nc(C2CCCCCCC2)no1. The number of nitrogens with one attached hydrogen (secondary N) is 1. The summed E-state index contributed by atoms with van der Waals surface area (Å²) in [4.78, 5) is 4.50. The summed E-state index contributed by atoms with van der Waals surface area (Å²) < 4.78 is 5.27. The molecular formula is C13H23N3O. The molecule has 17 heavy (non-hydrogen) atoms. The number of hydrogen-bond donors (Lipinski definition) is 1. The van der Waals surface area contributed by atoms with Crippen molar-refractivity contribution in [3.63, 3.8) is 0 Å². The molecule has 1 saturated carbocycles. The van der Waals surface area contributed by atoms with Crippen LogP contribution in [0.25, 0.3) is 0 Å². The number of hydrogen-bond acceptors (Lipinski definition) is 4. The van der Waals surface area contributed by atoms with Crippen LogP contribution in [0.3, 0.4) is 0 Å². The summed E-state index contributed by atoms with van der Waals surface area (Å²) in [5.41, 5.74) is 0. The summed E-state index contributed by atoms with van der Waals surface area (Å²) in [6.07, 6.45) is 9.17. The van der Waals surface area contributed by atoms with Gasteiger partial charge in [0.25, 0.3) is 0 Å². The molecule has 96 valence electrons. The van der Waals surface area contributed by atoms with Gasteiger partial charge >= 0.3 is 0 Å². The summed E-state index contributed by atoms with van der Waals surface area (Å²) in [6.45, 7) is 3.70. The molecule has 1 heterocycles. The van der Waals surface area contributed by atoms with E-state index in [1.807, 2.05) is 0 Å². The van der Waals surface area contributed by atoms with Gasteiger partial charge in [0.15, 0.2) is 5.82 Å². The summed E-state index contributed by atoms with van der Waals surface area (Å²) in [5, 5.41) is 7.35. The molecule has 0 atom stereocenters. The Balaban J connectivity index is 1.92. The lowest BCUT2D eigenvalue weighted by Gasteiger charge is -2.15. The van der Waals surface area contributed by atoms with Gasteiger partial charge in [-0.15, -0.1) is 0 Å². The van der Waals surface area contributed by atoms with Crippen LogP contribution in [-0.4, -0.2) is 16.7 Å². The molecule has 1 aromatic rings. The van der Waals surface area contributed by atoms with Gasteiger partial charge in [0.05, 0.1) is 6.54 Å². The fraction of sp³-hybridized carbons (Fsp3) is 0.846. The van der Waals surface area contributed by atoms with Crippen molar-refractivity contribution >= 4 is 0 Å². The van der Waals surface area contributed by atoms with E-state index in [0.717, 1.165) is 18.3 Å². The minimum atomic E-state index is 0.523. The Morgan fingerprint density at radius 1 is 1.18 bits per heavy atom. The molecule has 4 nitrogen and oxygen atoms in total. The van der Waals surface area contributed by atoms with Crippen molar-refractivity contribution in [3.8, 4) is 0 Å². The van der Waals surface area contributed by atoms with Crippen molar-refractivity contribution in [2.75, 3.05) is 6.54 Å². The third kappa shape index (κ3) is 3.80. The molecule has 4 heteroatoms. The standard InChI is InChI=1S/C13H23N3O/c1-2-14-10-12-15-13(16-17-12)11-8-6-4-3-5-7-9-11/h11,14H,2-10H2,1H3. The third-order valence-corrected chi connectivity index (χ3v) is 3.48. The predicted molar refractivity (Wildman–Crippen MR) is 66.7 cm³/mol. The highest BCUT2D eigenvalue weighted by Gasteiger charge is 2.19. The van der Waals surface area contributed by atoms with Gasteiger partial charge < -0.3 is 9.84 Å². The molecule has 0 aliphatic heterocycles. The zero-order valence-corrected chi connectivity index (χ0v) is 10.7. The highest BCUT2D eigenvalue weighted by Crippen LogP contribution is 2.28. The lowest BCUT2D eigenvalue weighted by atomic mass is 9.91. The maximum absolute atomic E-state index is 5.27. The van der Waals surface area contributed by atoms with E-state index in [-0.39, 0.29) is 0 Å². The van der Waals surface area contributed by atoms with Gasteiger partial charge in [-0.25, -0.2) is 0 Å². The number of aromatic nitrogens is 2. The van der Waals surface area contributed by atoms with E-state index in [1.54, 1.807) is 0 Å². The first-order valence-electron chi connectivity index (χ1n) is 6.93. The van der Waals surface area contributed by atoms with Crippen LogP contribution < -0.4 is 5.32 Å². The van der Waals surface area contributed by atoms with Crippen LogP contribution in [0.15, 0.2) is 4.52 Å². The lowest BCUT2D eigenvalue weighted by Crippen LogP contribution is -2.12. The average molecular weight is 237 g/mol. The first-order valence-corrected chi connectivity index (χ1v) is 6.93. The highest BCUT2D eigenvalue weighted by atomic mass is 16.5. The second kappa shape index (κ2) is 6.74. The van der Waals surface area contributed by atoms with Crippen LogP contribution in [0.2, 0.25) is 0 Å². The molecule has 0 spiro atoms. The van der Waals surface area contributed by atoms with Crippen molar-refractivity contribution in [1.29, 1.82) is 0 Å². The summed E-state index contributed by atoms with van der Waals surface area (Å²) in [5.74, 6) is 2.18. The molecule has 0 saturated heterocycles. The summed E-state index contributed by atoms with van der Waals surface area (Å²) >= 11 is 0. The van der Waals surface area contributed by atoms with E-state index in [1.165, 1.54) is 44.9 Å². The summed E-state index contributed by atoms with van der Waals surface area (Å²) in [6, 6.07) is 0. The Bertz CT molecular complexity index is 316. The smallest absolute Gasteiger partial charge is 0.240 e. The second-order valence-corrected chi connectivity index (χ2v) is 4.87. The Morgan fingerprint density at radius 3 is 2.59 bits per heavy atom. The van der Waals surface area contributed by atoms with Gasteiger partial charge in [0.2, 0.25) is 5.89 Å². The van der Waals surface area contributed by atoms with Gasteiger partial charge in [-0.1, -0.05) is 44.2 Å². The van der Waals surface area contributed by atoms with E-state index in [4.69, 9.17) is 4.52 Å². The van der Waals surface area contributed by atoms with E-state index in [0.29, 0.717) is 12.5 Å². The third-order valence-electron chi connectivity index (χ3n) is 3.48. The van der Waals surface area contributed by atoms with Crippen molar-refractivity contribution < 1.29 is 4.52 Å². The first kappa shape index (κ1) is 12.6. The van der Waals surface area contributed by atoms with Crippen LogP contribution in [0, 0.1) is 0 Å². The maximum atomic E-state index is 5.27. The molecule has 0 amide bonds. The van der Waals surface area contributed by atoms with Gasteiger partial charge in [0, 0.05) is 5.92 Å². The second-order valence-electron chi connectivity index (χ2n) is 4.87. The minimum absolute atomic E-state index is 0.523. The monoisotopic (exact) mass is 237 g/mol. The molecule has 1 N–H and O–H groups in total. The fourth-order valence-corrected chi connectivity index (χ4v) is 2.45. The van der Waals surface area contributed by atoms with Crippen LogP contribution in [0.4, 0.5) is 0 Å². The van der Waals surface area contributed by atoms with Crippen LogP contribution >= 0.6 is 0 Å². The maximum Gasteiger partial charge on any atom is 0.240 e. The average Bonchev–Trinajstić information content (AvgIpc) is 2.74. The van der Waals surface area contributed by atoms with E-state index >= 15 is 0 Å². The van der Waals surface area contributed by atoms with E-state index < -0.39 is 0 Å². The molecule has 0 bridgehead atoms. The molecule has 0 unspecified atom stereocenters. The Labute approximate surface area is 103 Å². The van der Waals surface area contributed by atoms with Crippen molar-refractivity contribution in [3.05, 3.63) is 11.7 Å². The highest BCUT2D eigenvalue weighted by molar-refractivity contribution is 4.95. The van der Waals surface area contributed by atoms with Gasteiger partial charge in [0.1, 0.15) is 0 Å². The lowest BCUT2D eigenvalue weighted by molar-refractivity contribution is 0.354. The normalized spacial score (nSPS) is 18.9. The molecular weight excluding hydrogens is 214 g/mol. The topological polar surface area (TPSA) is 51.0 Å². The van der Waals surface area contributed by atoms with E-state index in [2.05, 4.69) is 22.4 Å². The first-order chi connectivity index (χ1) is 8.40. The van der Waals surface area contributed by atoms with Crippen molar-refractivity contribution in [2.45, 2.75) is 64.3 Å². The zero-order chi connectivity index (χ0) is 11.9. The largest absolute Gasteiger partial charge is 0.338 e. The molecule has 1 fully saturated rings. The van der Waals surface area contributed by atoms with Gasteiger partial charge in [-0.05, 0) is 19.4 Å². The Morgan fingerprint density at radius 2 is 1.88 bits per heavy atom. The molecule has 2 rings (SSSR count). The fourth-order valence-electron chi connectivity index (χ4n) is 2.45. The Hall–Kier alpha value is -0.900. The van der Waals surface area contributed by atoms with Crippen LogP contribution in [-0.2, 0) is 6.54 Å². The summed E-state index contributed by atoms with van der Waals surface area (Å²) in [7, 11) is 0. The quantitative estimate of drug-likeness (QED) is 0.874. The predicted octanol–water partition coefficient (Wildman–Crippen LogP) is 3.01. The molecule has 1 aliphatic carbocycles. The number of rotatable bonds is 4. The van der Waals surface area contributed by atoms with Gasteiger partial charge in [-0.3, -0.25) is 0 Å². The molecule has 1 aromatic heterocycles. The van der Waals surface area contributed by atoms with Crippen molar-refractivity contribution in [1.82, 2.24) is 15.5 Å².